The molecule has 25 heavy (non-hydrogen) atoms. The highest BCUT2D eigenvalue weighted by molar-refractivity contribution is 6.25. The molecule has 0 bridgehead atoms. The number of rotatable bonds is 6. The topological polar surface area (TPSA) is 52.0 Å². The maximum absolute atomic E-state index is 7.06. The SMILES string of the molecule is CCCC1(C)CCCC(CC2CCCC(C)(CCC)C2(N)Cl)C1(N)Cl. The van der Waals surface area contributed by atoms with Crippen molar-refractivity contribution < 1.29 is 0 Å². The second kappa shape index (κ2) is 7.86. The summed E-state index contributed by atoms with van der Waals surface area (Å²) in [6.45, 7) is 9.02. The van der Waals surface area contributed by atoms with Crippen LogP contribution in [0.15, 0.2) is 0 Å². The predicted molar refractivity (Wildman–Crippen MR) is 111 cm³/mol. The van der Waals surface area contributed by atoms with Crippen molar-refractivity contribution in [2.45, 2.75) is 108 Å². The number of hydrogen-bond donors (Lipinski definition) is 2. The van der Waals surface area contributed by atoms with Crippen LogP contribution < -0.4 is 11.5 Å². The van der Waals surface area contributed by atoms with Gasteiger partial charge in [-0.2, -0.15) is 0 Å². The van der Waals surface area contributed by atoms with Crippen molar-refractivity contribution in [1.29, 1.82) is 0 Å². The van der Waals surface area contributed by atoms with Crippen LogP contribution in [-0.4, -0.2) is 10.00 Å². The lowest BCUT2D eigenvalue weighted by Crippen LogP contribution is -2.61. The molecule has 6 unspecified atom stereocenters. The van der Waals surface area contributed by atoms with E-state index in [1.165, 1.54) is 12.8 Å². The molecule has 0 aromatic carbocycles. The van der Waals surface area contributed by atoms with Crippen molar-refractivity contribution in [2.24, 2.45) is 34.1 Å². The molecule has 0 radical (unpaired) electrons. The van der Waals surface area contributed by atoms with Gasteiger partial charge in [-0.3, -0.25) is 0 Å². The van der Waals surface area contributed by atoms with Crippen molar-refractivity contribution in [3.8, 4) is 0 Å². The maximum Gasteiger partial charge on any atom is 0.0993 e. The smallest absolute Gasteiger partial charge is 0.0993 e. The molecule has 0 aromatic heterocycles. The highest BCUT2D eigenvalue weighted by atomic mass is 35.5. The van der Waals surface area contributed by atoms with E-state index in [0.29, 0.717) is 11.8 Å². The molecular formula is C21H40Cl2N2. The van der Waals surface area contributed by atoms with Crippen LogP contribution in [0.25, 0.3) is 0 Å². The summed E-state index contributed by atoms with van der Waals surface area (Å²) in [4.78, 5) is -1.29. The first-order valence-electron chi connectivity index (χ1n) is 10.5. The molecule has 148 valence electrons. The fourth-order valence-electron chi connectivity index (χ4n) is 5.93. The molecule has 0 aromatic rings. The van der Waals surface area contributed by atoms with Crippen LogP contribution in [0.4, 0.5) is 0 Å². The second-order valence-corrected chi connectivity index (χ2v) is 10.8. The van der Waals surface area contributed by atoms with E-state index in [1.807, 2.05) is 0 Å². The standard InChI is InChI=1S/C21H40Cl2N2/c1-5-11-18(3)13-7-9-16(20(18,22)24)15-17-10-8-14-19(4,12-6-2)21(17,23)25/h16-17H,5-15,24-25H2,1-4H3. The zero-order valence-corrected chi connectivity index (χ0v) is 18.4. The number of nitrogens with two attached hydrogens (primary N) is 2. The first kappa shape index (κ1) is 21.8. The number of hydrogen-bond acceptors (Lipinski definition) is 2. The molecule has 0 spiro atoms. The molecule has 4 N–H and O–H groups in total. The van der Waals surface area contributed by atoms with Gasteiger partial charge < -0.3 is 11.5 Å². The quantitative estimate of drug-likeness (QED) is 0.408. The van der Waals surface area contributed by atoms with Crippen molar-refractivity contribution in [2.75, 3.05) is 0 Å². The molecule has 4 heteroatoms. The third-order valence-electron chi connectivity index (χ3n) is 7.77. The second-order valence-electron chi connectivity index (χ2n) is 9.57. The van der Waals surface area contributed by atoms with Gasteiger partial charge in [-0.25, -0.2) is 0 Å². The normalized spacial score (nSPS) is 48.5. The van der Waals surface area contributed by atoms with Crippen LogP contribution in [0.5, 0.6) is 0 Å². The third-order valence-corrected chi connectivity index (χ3v) is 9.30. The van der Waals surface area contributed by atoms with E-state index in [1.54, 1.807) is 0 Å². The molecule has 2 rings (SSSR count). The Labute approximate surface area is 165 Å². The van der Waals surface area contributed by atoms with Crippen LogP contribution in [-0.2, 0) is 0 Å². The number of alkyl halides is 2. The van der Waals surface area contributed by atoms with Crippen molar-refractivity contribution in [1.82, 2.24) is 0 Å². The lowest BCUT2D eigenvalue weighted by molar-refractivity contribution is 0.0239. The molecule has 0 amide bonds. The summed E-state index contributed by atoms with van der Waals surface area (Å²) in [5.74, 6) is 0.602. The molecule has 0 aliphatic heterocycles. The Morgan fingerprint density at radius 3 is 1.48 bits per heavy atom. The van der Waals surface area contributed by atoms with Gasteiger partial charge in [0.25, 0.3) is 0 Å². The molecule has 0 heterocycles. The minimum Gasteiger partial charge on any atom is -0.312 e. The Morgan fingerprint density at radius 1 is 0.800 bits per heavy atom. The summed E-state index contributed by atoms with van der Waals surface area (Å²) in [6, 6.07) is 0. The fraction of sp³-hybridized carbons (Fsp3) is 1.00. The van der Waals surface area contributed by atoms with Gasteiger partial charge in [-0.1, -0.05) is 53.4 Å². The first-order chi connectivity index (χ1) is 11.5. The molecule has 2 fully saturated rings. The molecule has 2 aliphatic rings. The van der Waals surface area contributed by atoms with Crippen LogP contribution in [0.2, 0.25) is 0 Å². The molecule has 6 atom stereocenters. The summed E-state index contributed by atoms with van der Waals surface area (Å²) < 4.78 is 0. The lowest BCUT2D eigenvalue weighted by Gasteiger charge is -2.55. The monoisotopic (exact) mass is 390 g/mol. The Morgan fingerprint density at radius 2 is 1.16 bits per heavy atom. The van der Waals surface area contributed by atoms with E-state index >= 15 is 0 Å². The number of halogens is 2. The van der Waals surface area contributed by atoms with Crippen LogP contribution in [0, 0.1) is 22.7 Å². The van der Waals surface area contributed by atoms with Gasteiger partial charge >= 0.3 is 0 Å². The third kappa shape index (κ3) is 3.89. The molecule has 2 saturated carbocycles. The lowest BCUT2D eigenvalue weighted by atomic mass is 9.59. The zero-order chi connectivity index (χ0) is 18.9. The molecule has 2 aliphatic carbocycles. The van der Waals surface area contributed by atoms with Crippen molar-refractivity contribution in [3.05, 3.63) is 0 Å². The van der Waals surface area contributed by atoms with Crippen LogP contribution in [0.1, 0.15) is 98.3 Å². The Balaban J connectivity index is 2.19. The molecule has 0 saturated heterocycles. The Kier molecular flexibility index (Phi) is 6.85. The predicted octanol–water partition coefficient (Wildman–Crippen LogP) is 6.38. The summed E-state index contributed by atoms with van der Waals surface area (Å²) in [6.07, 6.45) is 12.3. The van der Waals surface area contributed by atoms with Crippen molar-refractivity contribution >= 4 is 23.2 Å². The van der Waals surface area contributed by atoms with Gasteiger partial charge in [-0.05, 0) is 67.6 Å². The van der Waals surface area contributed by atoms with Gasteiger partial charge in [0.1, 0.15) is 0 Å². The van der Waals surface area contributed by atoms with Gasteiger partial charge in [0.15, 0.2) is 0 Å². The minimum atomic E-state index is -0.646. The first-order valence-corrected chi connectivity index (χ1v) is 11.3. The van der Waals surface area contributed by atoms with E-state index in [-0.39, 0.29) is 10.8 Å². The Bertz CT molecular complexity index is 403. The van der Waals surface area contributed by atoms with E-state index in [0.717, 1.165) is 57.8 Å². The summed E-state index contributed by atoms with van der Waals surface area (Å²) in [7, 11) is 0. The van der Waals surface area contributed by atoms with E-state index in [9.17, 15) is 0 Å². The van der Waals surface area contributed by atoms with Gasteiger partial charge in [0.2, 0.25) is 0 Å². The van der Waals surface area contributed by atoms with Crippen LogP contribution >= 0.6 is 23.2 Å². The highest BCUT2D eigenvalue weighted by Gasteiger charge is 2.55. The largest absolute Gasteiger partial charge is 0.312 e. The van der Waals surface area contributed by atoms with E-state index in [4.69, 9.17) is 34.7 Å². The maximum atomic E-state index is 7.06. The Hall–Kier alpha value is 0.500. The molecule has 2 nitrogen and oxygen atoms in total. The van der Waals surface area contributed by atoms with E-state index < -0.39 is 10.00 Å². The highest BCUT2D eigenvalue weighted by Crippen LogP contribution is 2.57. The van der Waals surface area contributed by atoms with Gasteiger partial charge in [-0.15, -0.1) is 23.2 Å². The average Bonchev–Trinajstić information content (AvgIpc) is 2.50. The van der Waals surface area contributed by atoms with Gasteiger partial charge in [0.05, 0.1) is 10.00 Å². The molecular weight excluding hydrogens is 351 g/mol. The summed E-state index contributed by atoms with van der Waals surface area (Å²) in [5.41, 5.74) is 13.6. The summed E-state index contributed by atoms with van der Waals surface area (Å²) in [5, 5.41) is 0. The van der Waals surface area contributed by atoms with E-state index in [2.05, 4.69) is 27.7 Å². The van der Waals surface area contributed by atoms with Gasteiger partial charge in [0, 0.05) is 0 Å². The fourth-order valence-corrected chi connectivity index (χ4v) is 6.70. The average molecular weight is 391 g/mol. The summed E-state index contributed by atoms with van der Waals surface area (Å²) >= 11 is 14.1. The van der Waals surface area contributed by atoms with Crippen molar-refractivity contribution in [3.63, 3.8) is 0 Å². The van der Waals surface area contributed by atoms with Crippen LogP contribution in [0.3, 0.4) is 0 Å². The minimum absolute atomic E-state index is 0.0111. The zero-order valence-electron chi connectivity index (χ0n) is 16.8.